The van der Waals surface area contributed by atoms with E-state index in [1.165, 1.54) is 31.2 Å². The Morgan fingerprint density at radius 3 is 2.22 bits per heavy atom. The molecule has 0 fully saturated rings. The number of hydrogen-bond donors (Lipinski definition) is 0. The molecule has 0 saturated carbocycles. The van der Waals surface area contributed by atoms with Gasteiger partial charge in [0.25, 0.3) is 0 Å². The fourth-order valence-electron chi connectivity index (χ4n) is 2.07. The van der Waals surface area contributed by atoms with E-state index in [1.807, 2.05) is 0 Å². The van der Waals surface area contributed by atoms with Crippen LogP contribution >= 0.6 is 0 Å². The van der Waals surface area contributed by atoms with Gasteiger partial charge < -0.3 is 4.74 Å². The molecule has 0 aliphatic heterocycles. The van der Waals surface area contributed by atoms with Gasteiger partial charge in [-0.25, -0.2) is 0 Å². The number of ether oxygens (including phenoxy) is 1. The molecular weight excluding hydrogens is 220 g/mol. The van der Waals surface area contributed by atoms with Crippen LogP contribution in [0, 0.1) is 12.8 Å². The van der Waals surface area contributed by atoms with Gasteiger partial charge >= 0.3 is 0 Å². The number of benzene rings is 1. The van der Waals surface area contributed by atoms with Crippen LogP contribution in [0.1, 0.15) is 58.4 Å². The third kappa shape index (κ3) is 5.57. The lowest BCUT2D eigenvalue weighted by Crippen LogP contribution is -2.17. The summed E-state index contributed by atoms with van der Waals surface area (Å²) in [6.45, 7) is 8.93. The zero-order valence-corrected chi connectivity index (χ0v) is 12.4. The zero-order valence-electron chi connectivity index (χ0n) is 12.4. The lowest BCUT2D eigenvalue weighted by Gasteiger charge is -2.20. The minimum atomic E-state index is 0.381. The van der Waals surface area contributed by atoms with E-state index >= 15 is 0 Å². The van der Waals surface area contributed by atoms with Crippen LogP contribution in [0.25, 0.3) is 0 Å². The maximum absolute atomic E-state index is 6.10. The summed E-state index contributed by atoms with van der Waals surface area (Å²) >= 11 is 0. The van der Waals surface area contributed by atoms with E-state index in [0.717, 1.165) is 18.1 Å². The molecule has 0 aromatic heterocycles. The standard InChI is InChI=1S/C17H28O/c1-5-7-16(11-8-14(3)6-2)18-17-12-9-15(4)10-13-17/h9-10,12-14,16H,5-8,11H2,1-4H3. The highest BCUT2D eigenvalue weighted by Gasteiger charge is 2.11. The molecule has 1 rings (SSSR count). The van der Waals surface area contributed by atoms with Gasteiger partial charge in [-0.3, -0.25) is 0 Å². The van der Waals surface area contributed by atoms with Crippen molar-refractivity contribution < 1.29 is 4.74 Å². The number of aryl methyl sites for hydroxylation is 1. The van der Waals surface area contributed by atoms with E-state index in [2.05, 4.69) is 52.0 Å². The molecule has 0 N–H and O–H groups in total. The van der Waals surface area contributed by atoms with Crippen molar-refractivity contribution in [2.75, 3.05) is 0 Å². The maximum atomic E-state index is 6.10. The molecule has 1 aromatic rings. The fraction of sp³-hybridized carbons (Fsp3) is 0.647. The van der Waals surface area contributed by atoms with Crippen molar-refractivity contribution in [2.45, 2.75) is 65.9 Å². The van der Waals surface area contributed by atoms with Gasteiger partial charge in [-0.15, -0.1) is 0 Å². The highest BCUT2D eigenvalue weighted by atomic mass is 16.5. The second-order valence-corrected chi connectivity index (χ2v) is 5.43. The van der Waals surface area contributed by atoms with Crippen LogP contribution in [0.5, 0.6) is 5.75 Å². The molecule has 18 heavy (non-hydrogen) atoms. The van der Waals surface area contributed by atoms with Crippen molar-refractivity contribution in [1.29, 1.82) is 0 Å². The van der Waals surface area contributed by atoms with Gasteiger partial charge in [0.15, 0.2) is 0 Å². The zero-order chi connectivity index (χ0) is 13.4. The van der Waals surface area contributed by atoms with E-state index in [-0.39, 0.29) is 0 Å². The SMILES string of the molecule is CCCC(CCC(C)CC)Oc1ccc(C)cc1. The normalized spacial score (nSPS) is 14.2. The van der Waals surface area contributed by atoms with Crippen LogP contribution in [-0.2, 0) is 0 Å². The number of hydrogen-bond acceptors (Lipinski definition) is 1. The second kappa shape index (κ2) is 8.18. The lowest BCUT2D eigenvalue weighted by atomic mass is 9.99. The molecule has 0 saturated heterocycles. The van der Waals surface area contributed by atoms with Crippen molar-refractivity contribution in [3.05, 3.63) is 29.8 Å². The molecule has 0 heterocycles. The molecule has 0 radical (unpaired) electrons. The summed E-state index contributed by atoms with van der Waals surface area (Å²) < 4.78 is 6.10. The molecule has 0 spiro atoms. The highest BCUT2D eigenvalue weighted by molar-refractivity contribution is 5.26. The molecule has 0 aliphatic rings. The van der Waals surface area contributed by atoms with Crippen molar-refractivity contribution in [2.24, 2.45) is 5.92 Å². The Morgan fingerprint density at radius 1 is 1.00 bits per heavy atom. The van der Waals surface area contributed by atoms with Gasteiger partial charge in [0.05, 0.1) is 6.10 Å². The first-order valence-corrected chi connectivity index (χ1v) is 7.39. The third-order valence-corrected chi connectivity index (χ3v) is 3.61. The Labute approximate surface area is 113 Å². The molecule has 102 valence electrons. The molecule has 1 aromatic carbocycles. The molecule has 1 heteroatoms. The number of rotatable bonds is 8. The molecule has 0 amide bonds. The second-order valence-electron chi connectivity index (χ2n) is 5.43. The summed E-state index contributed by atoms with van der Waals surface area (Å²) in [5.41, 5.74) is 1.29. The Morgan fingerprint density at radius 2 is 1.67 bits per heavy atom. The molecular formula is C17H28O. The lowest BCUT2D eigenvalue weighted by molar-refractivity contribution is 0.170. The van der Waals surface area contributed by atoms with Crippen molar-refractivity contribution in [1.82, 2.24) is 0 Å². The largest absolute Gasteiger partial charge is 0.490 e. The minimum Gasteiger partial charge on any atom is -0.490 e. The van der Waals surface area contributed by atoms with Gasteiger partial charge in [-0.05, 0) is 44.2 Å². The van der Waals surface area contributed by atoms with Crippen molar-refractivity contribution in [3.8, 4) is 5.75 Å². The Balaban J connectivity index is 2.48. The molecule has 2 atom stereocenters. The quantitative estimate of drug-likeness (QED) is 0.601. The molecule has 0 bridgehead atoms. The first kappa shape index (κ1) is 15.1. The van der Waals surface area contributed by atoms with E-state index in [0.29, 0.717) is 6.10 Å². The Kier molecular flexibility index (Phi) is 6.85. The maximum Gasteiger partial charge on any atom is 0.119 e. The van der Waals surface area contributed by atoms with E-state index < -0.39 is 0 Å². The van der Waals surface area contributed by atoms with Crippen LogP contribution in [0.3, 0.4) is 0 Å². The Hall–Kier alpha value is -0.980. The smallest absolute Gasteiger partial charge is 0.119 e. The average Bonchev–Trinajstić information content (AvgIpc) is 2.38. The van der Waals surface area contributed by atoms with E-state index in [4.69, 9.17) is 4.74 Å². The van der Waals surface area contributed by atoms with Gasteiger partial charge in [-0.2, -0.15) is 0 Å². The molecule has 0 aliphatic carbocycles. The third-order valence-electron chi connectivity index (χ3n) is 3.61. The molecule has 1 nitrogen and oxygen atoms in total. The summed E-state index contributed by atoms with van der Waals surface area (Å²) in [5, 5.41) is 0. The fourth-order valence-corrected chi connectivity index (χ4v) is 2.07. The predicted molar refractivity (Wildman–Crippen MR) is 79.2 cm³/mol. The molecule has 2 unspecified atom stereocenters. The predicted octanol–water partition coefficient (Wildman–Crippen LogP) is 5.37. The van der Waals surface area contributed by atoms with Gasteiger partial charge in [-0.1, -0.05) is 51.3 Å². The van der Waals surface area contributed by atoms with E-state index in [1.54, 1.807) is 0 Å². The summed E-state index contributed by atoms with van der Waals surface area (Å²) in [6.07, 6.45) is 6.45. The average molecular weight is 248 g/mol. The van der Waals surface area contributed by atoms with Crippen LogP contribution in [0.2, 0.25) is 0 Å². The topological polar surface area (TPSA) is 9.23 Å². The van der Waals surface area contributed by atoms with Crippen LogP contribution < -0.4 is 4.74 Å². The van der Waals surface area contributed by atoms with Gasteiger partial charge in [0.2, 0.25) is 0 Å². The van der Waals surface area contributed by atoms with Crippen LogP contribution in [-0.4, -0.2) is 6.10 Å². The first-order chi connectivity index (χ1) is 8.65. The minimum absolute atomic E-state index is 0.381. The first-order valence-electron chi connectivity index (χ1n) is 7.39. The van der Waals surface area contributed by atoms with Crippen LogP contribution in [0.4, 0.5) is 0 Å². The van der Waals surface area contributed by atoms with Crippen molar-refractivity contribution >= 4 is 0 Å². The van der Waals surface area contributed by atoms with Crippen LogP contribution in [0.15, 0.2) is 24.3 Å². The van der Waals surface area contributed by atoms with Gasteiger partial charge in [0, 0.05) is 0 Å². The van der Waals surface area contributed by atoms with Crippen molar-refractivity contribution in [3.63, 3.8) is 0 Å². The summed E-state index contributed by atoms with van der Waals surface area (Å²) in [6, 6.07) is 8.41. The Bertz CT molecular complexity index is 315. The highest BCUT2D eigenvalue weighted by Crippen LogP contribution is 2.20. The summed E-state index contributed by atoms with van der Waals surface area (Å²) in [4.78, 5) is 0. The monoisotopic (exact) mass is 248 g/mol. The summed E-state index contributed by atoms with van der Waals surface area (Å²) in [7, 11) is 0. The summed E-state index contributed by atoms with van der Waals surface area (Å²) in [5.74, 6) is 1.83. The van der Waals surface area contributed by atoms with E-state index in [9.17, 15) is 0 Å². The van der Waals surface area contributed by atoms with Gasteiger partial charge in [0.1, 0.15) is 5.75 Å².